The Labute approximate surface area is 110 Å². The molecule has 0 spiro atoms. The molecule has 104 valence electrons. The van der Waals surface area contributed by atoms with Crippen molar-refractivity contribution in [3.63, 3.8) is 0 Å². The SMILES string of the molecule is CCC[C@@H](C)NC(=O)[C@H]1CC(=O)N(C(C)(C)C)C1. The van der Waals surface area contributed by atoms with E-state index < -0.39 is 0 Å². The maximum Gasteiger partial charge on any atom is 0.225 e. The zero-order valence-electron chi connectivity index (χ0n) is 12.2. The summed E-state index contributed by atoms with van der Waals surface area (Å²) >= 11 is 0. The number of hydrogen-bond donors (Lipinski definition) is 1. The molecule has 1 heterocycles. The summed E-state index contributed by atoms with van der Waals surface area (Å²) in [6.07, 6.45) is 2.39. The van der Waals surface area contributed by atoms with Crippen LogP contribution in [0.5, 0.6) is 0 Å². The summed E-state index contributed by atoms with van der Waals surface area (Å²) < 4.78 is 0. The first-order valence-corrected chi connectivity index (χ1v) is 6.86. The molecule has 18 heavy (non-hydrogen) atoms. The number of likely N-dealkylation sites (tertiary alicyclic amines) is 1. The van der Waals surface area contributed by atoms with Crippen molar-refractivity contribution in [2.24, 2.45) is 5.92 Å². The average molecular weight is 254 g/mol. The van der Waals surface area contributed by atoms with Crippen molar-refractivity contribution in [1.82, 2.24) is 10.2 Å². The molecular weight excluding hydrogens is 228 g/mol. The molecule has 4 heteroatoms. The lowest BCUT2D eigenvalue weighted by Crippen LogP contribution is -2.44. The van der Waals surface area contributed by atoms with Crippen LogP contribution in [0, 0.1) is 5.92 Å². The Kier molecular flexibility index (Phi) is 4.77. The van der Waals surface area contributed by atoms with E-state index in [1.165, 1.54) is 0 Å². The van der Waals surface area contributed by atoms with Crippen molar-refractivity contribution >= 4 is 11.8 Å². The second kappa shape index (κ2) is 5.72. The van der Waals surface area contributed by atoms with Gasteiger partial charge in [-0.15, -0.1) is 0 Å². The normalized spacial score (nSPS) is 22.2. The van der Waals surface area contributed by atoms with Crippen molar-refractivity contribution < 1.29 is 9.59 Å². The number of carbonyl (C=O) groups is 2. The molecule has 0 aromatic heterocycles. The van der Waals surface area contributed by atoms with Crippen LogP contribution in [0.1, 0.15) is 53.9 Å². The molecule has 0 aliphatic carbocycles. The van der Waals surface area contributed by atoms with Crippen molar-refractivity contribution in [3.8, 4) is 0 Å². The molecule has 1 aliphatic rings. The zero-order chi connectivity index (χ0) is 13.9. The van der Waals surface area contributed by atoms with Crippen LogP contribution in [0.2, 0.25) is 0 Å². The highest BCUT2D eigenvalue weighted by Crippen LogP contribution is 2.25. The smallest absolute Gasteiger partial charge is 0.225 e. The van der Waals surface area contributed by atoms with E-state index in [0.29, 0.717) is 13.0 Å². The molecule has 4 nitrogen and oxygen atoms in total. The van der Waals surface area contributed by atoms with Gasteiger partial charge in [-0.2, -0.15) is 0 Å². The largest absolute Gasteiger partial charge is 0.353 e. The third kappa shape index (κ3) is 3.72. The monoisotopic (exact) mass is 254 g/mol. The lowest BCUT2D eigenvalue weighted by atomic mass is 10.1. The van der Waals surface area contributed by atoms with E-state index in [-0.39, 0.29) is 29.3 Å². The van der Waals surface area contributed by atoms with Crippen LogP contribution in [0.25, 0.3) is 0 Å². The van der Waals surface area contributed by atoms with Gasteiger partial charge < -0.3 is 10.2 Å². The minimum atomic E-state index is -0.193. The molecule has 0 unspecified atom stereocenters. The van der Waals surface area contributed by atoms with Gasteiger partial charge >= 0.3 is 0 Å². The Balaban J connectivity index is 2.55. The van der Waals surface area contributed by atoms with E-state index in [2.05, 4.69) is 12.2 Å². The number of carbonyl (C=O) groups excluding carboxylic acids is 2. The molecule has 0 aromatic rings. The molecule has 2 amide bonds. The third-order valence-electron chi connectivity index (χ3n) is 3.42. The van der Waals surface area contributed by atoms with E-state index in [9.17, 15) is 9.59 Å². The van der Waals surface area contributed by atoms with E-state index in [1.54, 1.807) is 0 Å². The Morgan fingerprint density at radius 1 is 1.50 bits per heavy atom. The van der Waals surface area contributed by atoms with Crippen LogP contribution in [0.15, 0.2) is 0 Å². The molecule has 0 aromatic carbocycles. The number of nitrogens with zero attached hydrogens (tertiary/aromatic N) is 1. The Morgan fingerprint density at radius 2 is 2.11 bits per heavy atom. The van der Waals surface area contributed by atoms with Crippen molar-refractivity contribution in [2.75, 3.05) is 6.54 Å². The van der Waals surface area contributed by atoms with Crippen molar-refractivity contribution in [3.05, 3.63) is 0 Å². The summed E-state index contributed by atoms with van der Waals surface area (Å²) in [6, 6.07) is 0.196. The van der Waals surface area contributed by atoms with Crippen LogP contribution >= 0.6 is 0 Å². The summed E-state index contributed by atoms with van der Waals surface area (Å²) in [5.74, 6) is -0.0714. The highest BCUT2D eigenvalue weighted by Gasteiger charge is 2.39. The average Bonchev–Trinajstić information content (AvgIpc) is 2.60. The number of nitrogens with one attached hydrogen (secondary N) is 1. The van der Waals surface area contributed by atoms with Gasteiger partial charge in [-0.3, -0.25) is 9.59 Å². The minimum Gasteiger partial charge on any atom is -0.353 e. The lowest BCUT2D eigenvalue weighted by molar-refractivity contribution is -0.132. The predicted octanol–water partition coefficient (Wildman–Crippen LogP) is 1.94. The van der Waals surface area contributed by atoms with E-state index in [0.717, 1.165) is 12.8 Å². The first-order valence-electron chi connectivity index (χ1n) is 6.86. The van der Waals surface area contributed by atoms with Gasteiger partial charge in [0.2, 0.25) is 11.8 Å². The Morgan fingerprint density at radius 3 is 2.56 bits per heavy atom. The van der Waals surface area contributed by atoms with Gasteiger partial charge in [-0.25, -0.2) is 0 Å². The maximum atomic E-state index is 12.1. The molecule has 0 saturated carbocycles. The summed E-state index contributed by atoms with van der Waals surface area (Å²) in [7, 11) is 0. The Hall–Kier alpha value is -1.06. The van der Waals surface area contributed by atoms with Crippen LogP contribution in [0.3, 0.4) is 0 Å². The van der Waals surface area contributed by atoms with Crippen LogP contribution in [-0.2, 0) is 9.59 Å². The highest BCUT2D eigenvalue weighted by molar-refractivity contribution is 5.89. The lowest BCUT2D eigenvalue weighted by Gasteiger charge is -2.32. The fraction of sp³-hybridized carbons (Fsp3) is 0.857. The molecule has 2 atom stereocenters. The molecule has 1 aliphatic heterocycles. The first kappa shape index (κ1) is 15.0. The molecule has 1 saturated heterocycles. The van der Waals surface area contributed by atoms with Gasteiger partial charge in [0.1, 0.15) is 0 Å². The second-order valence-electron chi connectivity index (χ2n) is 6.27. The number of rotatable bonds is 4. The summed E-state index contributed by atoms with van der Waals surface area (Å²) in [5.41, 5.74) is -0.193. The van der Waals surface area contributed by atoms with Crippen LogP contribution in [-0.4, -0.2) is 34.8 Å². The van der Waals surface area contributed by atoms with Gasteiger partial charge in [0.15, 0.2) is 0 Å². The standard InChI is InChI=1S/C14H26N2O2/c1-6-7-10(2)15-13(18)11-8-12(17)16(9-11)14(3,4)5/h10-11H,6-9H2,1-5H3,(H,15,18)/t10-,11+/m1/s1. The van der Waals surface area contributed by atoms with E-state index in [4.69, 9.17) is 0 Å². The third-order valence-corrected chi connectivity index (χ3v) is 3.42. The van der Waals surface area contributed by atoms with Crippen LogP contribution < -0.4 is 5.32 Å². The fourth-order valence-electron chi connectivity index (χ4n) is 2.40. The van der Waals surface area contributed by atoms with Gasteiger partial charge in [0.25, 0.3) is 0 Å². The van der Waals surface area contributed by atoms with Gasteiger partial charge in [0, 0.05) is 24.5 Å². The first-order chi connectivity index (χ1) is 8.25. The second-order valence-corrected chi connectivity index (χ2v) is 6.27. The minimum absolute atomic E-state index is 0.0241. The van der Waals surface area contributed by atoms with Crippen LogP contribution in [0.4, 0.5) is 0 Å². The number of hydrogen-bond acceptors (Lipinski definition) is 2. The van der Waals surface area contributed by atoms with Gasteiger partial charge in [-0.05, 0) is 34.1 Å². The van der Waals surface area contributed by atoms with E-state index in [1.807, 2.05) is 32.6 Å². The van der Waals surface area contributed by atoms with Crippen molar-refractivity contribution in [1.29, 1.82) is 0 Å². The molecule has 1 N–H and O–H groups in total. The van der Waals surface area contributed by atoms with Gasteiger partial charge in [0.05, 0.1) is 5.92 Å². The topological polar surface area (TPSA) is 49.4 Å². The molecule has 1 rings (SSSR count). The Bertz CT molecular complexity index is 320. The predicted molar refractivity (Wildman–Crippen MR) is 72.1 cm³/mol. The quantitative estimate of drug-likeness (QED) is 0.833. The molecule has 0 bridgehead atoms. The molecular formula is C14H26N2O2. The maximum absolute atomic E-state index is 12.1. The molecule has 0 radical (unpaired) electrons. The van der Waals surface area contributed by atoms with Gasteiger partial charge in [-0.1, -0.05) is 13.3 Å². The summed E-state index contributed by atoms with van der Waals surface area (Å²) in [6.45, 7) is 10.7. The summed E-state index contributed by atoms with van der Waals surface area (Å²) in [4.78, 5) is 25.8. The highest BCUT2D eigenvalue weighted by atomic mass is 16.2. The number of amides is 2. The van der Waals surface area contributed by atoms with E-state index >= 15 is 0 Å². The summed E-state index contributed by atoms with van der Waals surface area (Å²) in [5, 5.41) is 3.00. The fourth-order valence-corrected chi connectivity index (χ4v) is 2.40. The van der Waals surface area contributed by atoms with Crippen molar-refractivity contribution in [2.45, 2.75) is 65.5 Å². The molecule has 1 fully saturated rings. The zero-order valence-corrected chi connectivity index (χ0v) is 12.2.